The molecule has 62 heavy (non-hydrogen) atoms. The molecule has 1 amide bonds. The quantitative estimate of drug-likeness (QED) is 0.0478. The van der Waals surface area contributed by atoms with Gasteiger partial charge in [0.25, 0.3) is 5.91 Å². The van der Waals surface area contributed by atoms with E-state index in [4.69, 9.17) is 28.0 Å². The van der Waals surface area contributed by atoms with Crippen LogP contribution in [-0.4, -0.2) is 71.9 Å². The number of rotatable bonds is 19. The number of aryl methyl sites for hydroxylation is 1. The number of hydrogen-bond acceptors (Lipinski definition) is 11. The molecule has 15 heteroatoms. The summed E-state index contributed by atoms with van der Waals surface area (Å²) < 4.78 is 55.8. The number of carbonyl (C=O) groups excluding carboxylic acids is 1. The monoisotopic (exact) mass is 863 g/mol. The minimum atomic E-state index is -4.14. The van der Waals surface area contributed by atoms with Gasteiger partial charge in [-0.3, -0.25) is 18.4 Å². The Balaban J connectivity index is 1.43. The van der Waals surface area contributed by atoms with Gasteiger partial charge in [0.1, 0.15) is 41.4 Å². The van der Waals surface area contributed by atoms with E-state index in [1.165, 1.54) is 4.57 Å². The summed E-state index contributed by atoms with van der Waals surface area (Å²) in [4.78, 5) is 31.1. The summed E-state index contributed by atoms with van der Waals surface area (Å²) in [6, 6.07) is 35.1. The number of methoxy groups -OCH3 is 2. The third-order valence-electron chi connectivity index (χ3n) is 10.6. The Kier molecular flexibility index (Phi) is 15.2. The van der Waals surface area contributed by atoms with Gasteiger partial charge < -0.3 is 24.3 Å². The molecule has 326 valence electrons. The van der Waals surface area contributed by atoms with Crippen LogP contribution in [0.15, 0.2) is 120 Å². The summed E-state index contributed by atoms with van der Waals surface area (Å²) in [7, 11) is -0.932. The Morgan fingerprint density at radius 1 is 0.903 bits per heavy atom. The van der Waals surface area contributed by atoms with Crippen LogP contribution < -0.4 is 20.5 Å². The fourth-order valence-electron chi connectivity index (χ4n) is 7.77. The van der Waals surface area contributed by atoms with E-state index in [-0.39, 0.29) is 44.0 Å². The van der Waals surface area contributed by atoms with Gasteiger partial charge in [-0.2, -0.15) is 10.2 Å². The summed E-state index contributed by atoms with van der Waals surface area (Å²) in [6.07, 6.45) is -1.25. The topological polar surface area (TPSA) is 163 Å². The second-order valence-corrected chi connectivity index (χ2v) is 17.3. The number of aromatic nitrogens is 2. The molecular formula is C47H54N5O9P. The molecule has 4 atom stereocenters. The fourth-order valence-corrected chi connectivity index (χ4v) is 10.1. The van der Waals surface area contributed by atoms with E-state index in [0.717, 1.165) is 16.7 Å². The predicted molar refractivity (Wildman–Crippen MR) is 235 cm³/mol. The van der Waals surface area contributed by atoms with Crippen molar-refractivity contribution in [3.05, 3.63) is 154 Å². The van der Waals surface area contributed by atoms with E-state index >= 15 is 4.57 Å². The van der Waals surface area contributed by atoms with Crippen LogP contribution in [0.5, 0.6) is 11.5 Å². The summed E-state index contributed by atoms with van der Waals surface area (Å²) in [6.45, 7) is 9.04. The van der Waals surface area contributed by atoms with Gasteiger partial charge in [0, 0.05) is 35.8 Å². The van der Waals surface area contributed by atoms with Crippen molar-refractivity contribution >= 4 is 19.5 Å². The Morgan fingerprint density at radius 2 is 1.45 bits per heavy atom. The zero-order valence-corrected chi connectivity index (χ0v) is 37.0. The maximum Gasteiger partial charge on any atom is 0.409 e. The Bertz CT molecular complexity index is 2350. The van der Waals surface area contributed by atoms with Gasteiger partial charge in [0.05, 0.1) is 39.9 Å². The van der Waals surface area contributed by atoms with Crippen LogP contribution in [0.25, 0.3) is 0 Å². The summed E-state index contributed by atoms with van der Waals surface area (Å²) in [5.41, 5.74) is 1.36. The van der Waals surface area contributed by atoms with Gasteiger partial charge in [-0.25, -0.2) is 14.0 Å². The van der Waals surface area contributed by atoms with E-state index in [2.05, 4.69) is 16.4 Å². The van der Waals surface area contributed by atoms with E-state index in [1.807, 2.05) is 107 Å². The van der Waals surface area contributed by atoms with Crippen LogP contribution in [0.2, 0.25) is 0 Å². The van der Waals surface area contributed by atoms with Gasteiger partial charge in [-0.1, -0.05) is 72.8 Å². The molecule has 6 rings (SSSR count). The molecule has 0 radical (unpaired) electrons. The lowest BCUT2D eigenvalue weighted by Crippen LogP contribution is -2.40. The third kappa shape index (κ3) is 10.2. The highest BCUT2D eigenvalue weighted by atomic mass is 31.2. The van der Waals surface area contributed by atoms with Crippen LogP contribution in [0.3, 0.4) is 0 Å². The highest BCUT2D eigenvalue weighted by Crippen LogP contribution is 2.57. The minimum absolute atomic E-state index is 0.00940. The average molecular weight is 864 g/mol. The molecule has 0 spiro atoms. The van der Waals surface area contributed by atoms with Crippen LogP contribution in [0.1, 0.15) is 79.4 Å². The lowest BCUT2D eigenvalue weighted by atomic mass is 9.80. The molecule has 1 fully saturated rings. The minimum Gasteiger partial charge on any atom is -0.497 e. The lowest BCUT2D eigenvalue weighted by Gasteiger charge is -2.39. The van der Waals surface area contributed by atoms with Gasteiger partial charge in [0.2, 0.25) is 0 Å². The van der Waals surface area contributed by atoms with Gasteiger partial charge in [0.15, 0.2) is 0 Å². The van der Waals surface area contributed by atoms with Crippen LogP contribution in [0, 0.1) is 18.3 Å². The number of carbonyl (C=O) groups is 1. The first-order valence-corrected chi connectivity index (χ1v) is 22.0. The highest BCUT2D eigenvalue weighted by Gasteiger charge is 2.48. The smallest absolute Gasteiger partial charge is 0.409 e. The first kappa shape index (κ1) is 45.9. The largest absolute Gasteiger partial charge is 0.497 e. The second kappa shape index (κ2) is 20.5. The number of anilines is 1. The Labute approximate surface area is 362 Å². The van der Waals surface area contributed by atoms with Crippen LogP contribution in [0.4, 0.5) is 5.82 Å². The van der Waals surface area contributed by atoms with Crippen LogP contribution >= 0.6 is 7.75 Å². The molecule has 1 saturated heterocycles. The van der Waals surface area contributed by atoms with Crippen molar-refractivity contribution in [2.45, 2.75) is 83.6 Å². The van der Waals surface area contributed by atoms with Crippen molar-refractivity contribution in [1.29, 1.82) is 5.26 Å². The zero-order chi connectivity index (χ0) is 44.4. The number of ether oxygens (including phenoxy) is 4. The molecule has 0 bridgehead atoms. The second-order valence-electron chi connectivity index (χ2n) is 15.4. The number of benzene rings is 4. The molecule has 1 aliphatic heterocycles. The van der Waals surface area contributed by atoms with Crippen molar-refractivity contribution in [3.8, 4) is 17.6 Å². The zero-order valence-electron chi connectivity index (χ0n) is 36.1. The maximum atomic E-state index is 15.1. The first-order valence-electron chi connectivity index (χ1n) is 20.5. The number of nitriles is 1. The van der Waals surface area contributed by atoms with Gasteiger partial charge in [-0.15, -0.1) is 0 Å². The van der Waals surface area contributed by atoms with Crippen molar-refractivity contribution in [3.63, 3.8) is 0 Å². The van der Waals surface area contributed by atoms with E-state index < -0.39 is 43.4 Å². The van der Waals surface area contributed by atoms with E-state index in [1.54, 1.807) is 62.3 Å². The normalized spacial score (nSPS) is 17.5. The predicted octanol–water partition coefficient (Wildman–Crippen LogP) is 8.66. The van der Waals surface area contributed by atoms with Crippen molar-refractivity contribution < 1.29 is 37.4 Å². The third-order valence-corrected chi connectivity index (χ3v) is 13.1. The Hall–Kier alpha value is -5.65. The molecule has 1 aliphatic rings. The molecule has 0 aliphatic carbocycles. The molecular weight excluding hydrogens is 810 g/mol. The molecule has 0 saturated carbocycles. The molecule has 2 heterocycles. The molecule has 1 aromatic heterocycles. The standard InChI is InChI=1S/C47H54N5O9P/c1-32(2)52(33(3)4)62(55,59-28-14-27-48)61-41-29-43(51-30-34(5)44(50-46(51)54)49-45(53)35-15-10-8-11-16-35)60-42(41)31-58-47(36-17-12-9-13-18-36,37-19-23-39(56-6)24-20-37)38-21-25-40(57-7)26-22-38/h8-13,15-26,30,32-33,41-43H,14,28-29,31H2,1-7H3,(H,49,50,53,54). The van der Waals surface area contributed by atoms with Crippen molar-refractivity contribution in [1.82, 2.24) is 14.2 Å². The Morgan fingerprint density at radius 3 is 1.98 bits per heavy atom. The van der Waals surface area contributed by atoms with Crippen molar-refractivity contribution in [2.75, 3.05) is 32.8 Å². The summed E-state index contributed by atoms with van der Waals surface area (Å²) in [5.74, 6) is 1.02. The molecule has 14 nitrogen and oxygen atoms in total. The lowest BCUT2D eigenvalue weighted by molar-refractivity contribution is -0.0938. The van der Waals surface area contributed by atoms with Gasteiger partial charge >= 0.3 is 13.4 Å². The van der Waals surface area contributed by atoms with E-state index in [0.29, 0.717) is 22.6 Å². The average Bonchev–Trinajstić information content (AvgIpc) is 3.67. The highest BCUT2D eigenvalue weighted by molar-refractivity contribution is 7.51. The molecule has 1 N–H and O–H groups in total. The molecule has 4 unspecified atom stereocenters. The fraction of sp³-hybridized carbons (Fsp3) is 0.362. The van der Waals surface area contributed by atoms with Crippen LogP contribution in [-0.2, 0) is 28.7 Å². The van der Waals surface area contributed by atoms with Crippen molar-refractivity contribution in [2.24, 2.45) is 0 Å². The molecule has 4 aromatic carbocycles. The number of hydrogen-bond donors (Lipinski definition) is 1. The first-order chi connectivity index (χ1) is 29.8. The summed E-state index contributed by atoms with van der Waals surface area (Å²) in [5, 5.41) is 12.1. The maximum absolute atomic E-state index is 15.1. The SMILES string of the molecule is COc1ccc(C(OCC2OC(n3cc(C)c(NC(=O)c4ccccc4)nc3=O)CC2OP(=O)(OCCC#N)N(C(C)C)C(C)C)(c2ccccc2)c2ccc(OC)cc2)cc1. The van der Waals surface area contributed by atoms with Gasteiger partial charge in [-0.05, 0) is 87.7 Å². The number of nitrogens with one attached hydrogen (secondary N) is 1. The summed E-state index contributed by atoms with van der Waals surface area (Å²) >= 11 is 0. The molecule has 5 aromatic rings. The van der Waals surface area contributed by atoms with E-state index in [9.17, 15) is 14.9 Å². The number of nitrogens with zero attached hydrogens (tertiary/aromatic N) is 4. The number of amides is 1.